The molecule has 1 saturated heterocycles. The van der Waals surface area contributed by atoms with E-state index in [-0.39, 0.29) is 40.7 Å². The summed E-state index contributed by atoms with van der Waals surface area (Å²) in [4.78, 5) is 32.2. The van der Waals surface area contributed by atoms with E-state index in [1.807, 2.05) is 26.8 Å². The van der Waals surface area contributed by atoms with Gasteiger partial charge in [0.25, 0.3) is 0 Å². The van der Waals surface area contributed by atoms with Gasteiger partial charge < -0.3 is 10.0 Å². The minimum atomic E-state index is -0.348. The summed E-state index contributed by atoms with van der Waals surface area (Å²) in [5, 5.41) is 21.8. The van der Waals surface area contributed by atoms with Gasteiger partial charge in [0.1, 0.15) is 17.5 Å². The Kier molecular flexibility index (Phi) is 4.03. The van der Waals surface area contributed by atoms with Crippen LogP contribution in [-0.4, -0.2) is 36.6 Å². The number of imidazole rings is 1. The molecule has 2 aliphatic rings. The molecule has 0 spiro atoms. The predicted molar refractivity (Wildman–Crippen MR) is 114 cm³/mol. The molecule has 5 rings (SSSR count). The van der Waals surface area contributed by atoms with Gasteiger partial charge in [0, 0.05) is 23.7 Å². The van der Waals surface area contributed by atoms with Crippen LogP contribution in [0.5, 0.6) is 5.88 Å². The summed E-state index contributed by atoms with van der Waals surface area (Å²) in [6, 6.07) is 8.79. The minimum Gasteiger partial charge on any atom is -0.493 e. The molecule has 2 unspecified atom stereocenters. The topological polar surface area (TPSA) is 104 Å². The highest BCUT2D eigenvalue weighted by Crippen LogP contribution is 2.49. The fraction of sp³-hybridized carbons (Fsp3) is 0.391. The van der Waals surface area contributed by atoms with Crippen molar-refractivity contribution in [1.82, 2.24) is 19.0 Å². The Morgan fingerprint density at radius 3 is 2.68 bits per heavy atom. The number of carbonyl (C=O) groups is 1. The molecule has 2 aromatic heterocycles. The SMILES string of the molecule is CC(C)(C)CC(=O)N1CC2CC1c1c(O)n(-c3cnc(C#N)c4ccccc34)c(=O)n12. The van der Waals surface area contributed by atoms with Crippen LogP contribution in [0.2, 0.25) is 0 Å². The lowest BCUT2D eigenvalue weighted by Crippen LogP contribution is -2.39. The number of pyridine rings is 1. The maximum absolute atomic E-state index is 13.3. The number of rotatable bonds is 2. The second kappa shape index (κ2) is 6.45. The van der Waals surface area contributed by atoms with Gasteiger partial charge in [0.05, 0.1) is 24.0 Å². The van der Waals surface area contributed by atoms with Gasteiger partial charge in [0.2, 0.25) is 11.8 Å². The summed E-state index contributed by atoms with van der Waals surface area (Å²) in [5.74, 6) is -0.126. The summed E-state index contributed by atoms with van der Waals surface area (Å²) < 4.78 is 2.87. The number of aromatic nitrogens is 3. The van der Waals surface area contributed by atoms with Gasteiger partial charge in [-0.3, -0.25) is 9.36 Å². The third kappa shape index (κ3) is 2.76. The molecule has 8 nitrogen and oxygen atoms in total. The number of carbonyl (C=O) groups excluding carboxylic acids is 1. The van der Waals surface area contributed by atoms with E-state index in [9.17, 15) is 20.0 Å². The lowest BCUT2D eigenvalue weighted by Gasteiger charge is -2.30. The van der Waals surface area contributed by atoms with Crippen molar-refractivity contribution in [2.24, 2.45) is 5.41 Å². The van der Waals surface area contributed by atoms with Gasteiger partial charge in [0.15, 0.2) is 0 Å². The maximum atomic E-state index is 13.3. The minimum absolute atomic E-state index is 0.0383. The van der Waals surface area contributed by atoms with Crippen molar-refractivity contribution >= 4 is 16.7 Å². The quantitative estimate of drug-likeness (QED) is 0.690. The summed E-state index contributed by atoms with van der Waals surface area (Å²) in [6.07, 6.45) is 2.50. The molecule has 2 bridgehead atoms. The molecular weight excluding hydrogens is 394 g/mol. The van der Waals surface area contributed by atoms with Gasteiger partial charge in [-0.2, -0.15) is 5.26 Å². The molecular formula is C23H23N5O3. The van der Waals surface area contributed by atoms with Crippen molar-refractivity contribution in [2.75, 3.05) is 6.54 Å². The summed E-state index contributed by atoms with van der Waals surface area (Å²) in [6.45, 7) is 6.53. The number of aromatic hydroxyl groups is 1. The first-order valence-electron chi connectivity index (χ1n) is 10.3. The number of likely N-dealkylation sites (tertiary alicyclic amines) is 1. The molecule has 31 heavy (non-hydrogen) atoms. The Hall–Kier alpha value is -3.60. The highest BCUT2D eigenvalue weighted by Gasteiger charge is 2.49. The largest absolute Gasteiger partial charge is 0.493 e. The molecule has 1 N–H and O–H groups in total. The van der Waals surface area contributed by atoms with Crippen LogP contribution in [-0.2, 0) is 4.79 Å². The summed E-state index contributed by atoms with van der Waals surface area (Å²) in [5.41, 5.74) is 0.680. The molecule has 3 aromatic rings. The van der Waals surface area contributed by atoms with E-state index in [4.69, 9.17) is 0 Å². The molecule has 8 heteroatoms. The van der Waals surface area contributed by atoms with E-state index in [0.717, 1.165) is 0 Å². The van der Waals surface area contributed by atoms with Crippen LogP contribution in [0.15, 0.2) is 35.3 Å². The average molecular weight is 417 g/mol. The first-order chi connectivity index (χ1) is 14.7. The van der Waals surface area contributed by atoms with Crippen molar-refractivity contribution in [1.29, 1.82) is 5.26 Å². The van der Waals surface area contributed by atoms with Crippen molar-refractivity contribution in [3.05, 3.63) is 52.3 Å². The molecule has 158 valence electrons. The zero-order valence-corrected chi connectivity index (χ0v) is 17.7. The van der Waals surface area contributed by atoms with E-state index < -0.39 is 0 Å². The number of amides is 1. The van der Waals surface area contributed by atoms with Crippen molar-refractivity contribution in [3.63, 3.8) is 0 Å². The van der Waals surface area contributed by atoms with Crippen LogP contribution in [0.4, 0.5) is 0 Å². The van der Waals surface area contributed by atoms with Crippen molar-refractivity contribution in [2.45, 2.75) is 45.7 Å². The molecule has 1 fully saturated rings. The molecule has 1 aromatic carbocycles. The molecule has 4 heterocycles. The highest BCUT2D eigenvalue weighted by atomic mass is 16.3. The van der Waals surface area contributed by atoms with E-state index >= 15 is 0 Å². The summed E-state index contributed by atoms with van der Waals surface area (Å²) >= 11 is 0. The van der Waals surface area contributed by atoms with Gasteiger partial charge in [-0.25, -0.2) is 14.3 Å². The monoisotopic (exact) mass is 417 g/mol. The molecule has 0 saturated carbocycles. The fourth-order valence-corrected chi connectivity index (χ4v) is 4.94. The zero-order valence-electron chi connectivity index (χ0n) is 17.7. The zero-order chi connectivity index (χ0) is 22.1. The maximum Gasteiger partial charge on any atom is 0.336 e. The fourth-order valence-electron chi connectivity index (χ4n) is 4.94. The Bertz CT molecular complexity index is 1340. The van der Waals surface area contributed by atoms with Gasteiger partial charge in [-0.1, -0.05) is 45.0 Å². The van der Waals surface area contributed by atoms with E-state index in [1.165, 1.54) is 10.8 Å². The van der Waals surface area contributed by atoms with E-state index in [0.29, 0.717) is 41.5 Å². The molecule has 1 amide bonds. The number of benzene rings is 1. The van der Waals surface area contributed by atoms with E-state index in [2.05, 4.69) is 11.1 Å². The molecule has 0 radical (unpaired) electrons. The average Bonchev–Trinajstić information content (AvgIpc) is 3.38. The van der Waals surface area contributed by atoms with Crippen LogP contribution < -0.4 is 5.69 Å². The van der Waals surface area contributed by atoms with Crippen LogP contribution in [0.3, 0.4) is 0 Å². The van der Waals surface area contributed by atoms with Crippen LogP contribution >= 0.6 is 0 Å². The second-order valence-corrected chi connectivity index (χ2v) is 9.54. The third-order valence-corrected chi connectivity index (χ3v) is 6.18. The summed E-state index contributed by atoms with van der Waals surface area (Å²) in [7, 11) is 0. The molecule has 2 aliphatic heterocycles. The first-order valence-corrected chi connectivity index (χ1v) is 10.3. The Morgan fingerprint density at radius 1 is 1.29 bits per heavy atom. The standard InChI is InChI=1S/C23H23N5O3/c1-23(2,3)9-19(29)26-12-13-8-17(26)20-21(30)28(22(31)27(13)20)18-11-25-16(10-24)14-6-4-5-7-15(14)18/h4-7,11,13,17,30H,8-9,12H2,1-3H3. The first kappa shape index (κ1) is 19.4. The Labute approximate surface area is 179 Å². The lowest BCUT2D eigenvalue weighted by atomic mass is 9.91. The van der Waals surface area contributed by atoms with Gasteiger partial charge in [-0.05, 0) is 11.8 Å². The van der Waals surface area contributed by atoms with Crippen molar-refractivity contribution < 1.29 is 9.90 Å². The van der Waals surface area contributed by atoms with Crippen LogP contribution in [0, 0.1) is 16.7 Å². The Morgan fingerprint density at radius 2 is 2.00 bits per heavy atom. The number of nitriles is 1. The van der Waals surface area contributed by atoms with E-state index in [1.54, 1.807) is 27.7 Å². The molecule has 0 aliphatic carbocycles. The van der Waals surface area contributed by atoms with Gasteiger partial charge in [-0.15, -0.1) is 0 Å². The number of hydrogen-bond donors (Lipinski definition) is 1. The van der Waals surface area contributed by atoms with Crippen LogP contribution in [0.1, 0.15) is 57.1 Å². The predicted octanol–water partition coefficient (Wildman–Crippen LogP) is 3.03. The van der Waals surface area contributed by atoms with Gasteiger partial charge >= 0.3 is 5.69 Å². The highest BCUT2D eigenvalue weighted by molar-refractivity contribution is 5.93. The third-order valence-electron chi connectivity index (χ3n) is 6.18. The lowest BCUT2D eigenvalue weighted by molar-refractivity contribution is -0.134. The van der Waals surface area contributed by atoms with Crippen LogP contribution in [0.25, 0.3) is 16.5 Å². The second-order valence-electron chi connectivity index (χ2n) is 9.54. The van der Waals surface area contributed by atoms with Crippen molar-refractivity contribution in [3.8, 4) is 17.6 Å². The molecule has 2 atom stereocenters. The smallest absolute Gasteiger partial charge is 0.336 e. The normalized spacial score (nSPS) is 19.6. The number of fused-ring (bicyclic) bond motifs is 6. The number of hydrogen-bond acceptors (Lipinski definition) is 5. The number of nitrogens with zero attached hydrogens (tertiary/aromatic N) is 5. The Balaban J connectivity index is 1.64.